The first-order valence-electron chi connectivity index (χ1n) is 9.49. The number of nitrogens with one attached hydrogen (secondary N) is 1. The summed E-state index contributed by atoms with van der Waals surface area (Å²) in [7, 11) is 1.58. The largest absolute Gasteiger partial charge is 0.481 e. The SMILES string of the molecule is COc1cccc(Cn2nc(Br)c3c(NC(=O)c4csc5c(N)ncnc45)cccc32)n1. The van der Waals surface area contributed by atoms with Gasteiger partial charge < -0.3 is 15.8 Å². The van der Waals surface area contributed by atoms with E-state index in [4.69, 9.17) is 10.5 Å². The molecular weight excluding hydrogens is 494 g/mol. The van der Waals surface area contributed by atoms with Crippen LogP contribution < -0.4 is 15.8 Å². The van der Waals surface area contributed by atoms with E-state index >= 15 is 0 Å². The Hall–Kier alpha value is -3.57. The molecule has 0 radical (unpaired) electrons. The van der Waals surface area contributed by atoms with Crippen molar-refractivity contribution in [2.24, 2.45) is 0 Å². The van der Waals surface area contributed by atoms with E-state index in [1.165, 1.54) is 17.7 Å². The quantitative estimate of drug-likeness (QED) is 0.365. The predicted molar refractivity (Wildman–Crippen MR) is 127 cm³/mol. The lowest BCUT2D eigenvalue weighted by Crippen LogP contribution is -2.12. The third-order valence-corrected chi connectivity index (χ3v) is 6.46. The number of nitrogen functional groups attached to an aromatic ring is 1. The molecule has 9 nitrogen and oxygen atoms in total. The molecule has 0 atom stereocenters. The zero-order valence-corrected chi connectivity index (χ0v) is 19.1. The molecule has 4 heterocycles. The maximum Gasteiger partial charge on any atom is 0.258 e. The Kier molecular flexibility index (Phi) is 5.19. The van der Waals surface area contributed by atoms with Crippen LogP contribution in [0.1, 0.15) is 16.1 Å². The number of carbonyl (C=O) groups excluding carboxylic acids is 1. The second-order valence-electron chi connectivity index (χ2n) is 6.86. The lowest BCUT2D eigenvalue weighted by Gasteiger charge is -2.08. The highest BCUT2D eigenvalue weighted by atomic mass is 79.9. The van der Waals surface area contributed by atoms with E-state index in [9.17, 15) is 4.79 Å². The molecule has 0 saturated heterocycles. The molecule has 4 aromatic heterocycles. The Morgan fingerprint density at radius 3 is 2.94 bits per heavy atom. The van der Waals surface area contributed by atoms with Crippen LogP contribution in [-0.4, -0.2) is 37.7 Å². The third kappa shape index (κ3) is 3.55. The average molecular weight is 510 g/mol. The highest BCUT2D eigenvalue weighted by molar-refractivity contribution is 9.10. The third-order valence-electron chi connectivity index (χ3n) is 4.91. The fourth-order valence-electron chi connectivity index (χ4n) is 3.44. The van der Waals surface area contributed by atoms with Gasteiger partial charge in [-0.05, 0) is 34.1 Å². The van der Waals surface area contributed by atoms with Crippen LogP contribution in [0.15, 0.2) is 52.7 Å². The Labute approximate surface area is 194 Å². The molecule has 11 heteroatoms. The summed E-state index contributed by atoms with van der Waals surface area (Å²) in [5.41, 5.74) is 9.16. The number of amides is 1. The molecule has 32 heavy (non-hydrogen) atoms. The molecule has 1 aromatic carbocycles. The number of hydrogen-bond acceptors (Lipinski definition) is 8. The van der Waals surface area contributed by atoms with Crippen molar-refractivity contribution in [2.45, 2.75) is 6.54 Å². The normalized spacial score (nSPS) is 11.2. The summed E-state index contributed by atoms with van der Waals surface area (Å²) in [4.78, 5) is 25.7. The number of hydrogen-bond donors (Lipinski definition) is 2. The van der Waals surface area contributed by atoms with E-state index < -0.39 is 0 Å². The molecule has 0 aliphatic carbocycles. The number of aromatic nitrogens is 5. The van der Waals surface area contributed by atoms with E-state index in [1.54, 1.807) is 18.6 Å². The van der Waals surface area contributed by atoms with E-state index in [0.717, 1.165) is 16.6 Å². The number of ether oxygens (including phenoxy) is 1. The molecule has 0 aliphatic rings. The Bertz CT molecular complexity index is 1480. The van der Waals surface area contributed by atoms with E-state index in [0.29, 0.717) is 44.3 Å². The van der Waals surface area contributed by atoms with Crippen LogP contribution in [0.2, 0.25) is 0 Å². The standard InChI is InChI=1S/C21H16BrN7O2S/c1-31-15-7-2-4-11(26-15)8-29-14-6-3-5-13(16(14)19(22)28-29)27-21(30)12-9-32-18-17(12)24-10-25-20(18)23/h2-7,9-10H,8H2,1H3,(H,27,30)(H2,23,24,25). The smallest absolute Gasteiger partial charge is 0.258 e. The number of carbonyl (C=O) groups is 1. The molecule has 3 N–H and O–H groups in total. The van der Waals surface area contributed by atoms with Crippen LogP contribution in [0.3, 0.4) is 0 Å². The van der Waals surface area contributed by atoms with E-state index in [-0.39, 0.29) is 5.91 Å². The first-order valence-corrected chi connectivity index (χ1v) is 11.2. The highest BCUT2D eigenvalue weighted by Crippen LogP contribution is 2.33. The number of benzene rings is 1. The van der Waals surface area contributed by atoms with Crippen molar-refractivity contribution in [3.63, 3.8) is 0 Å². The van der Waals surface area contributed by atoms with Crippen LogP contribution >= 0.6 is 27.3 Å². The second kappa shape index (κ2) is 8.17. The summed E-state index contributed by atoms with van der Waals surface area (Å²) in [5.74, 6) is 0.616. The number of nitrogens with two attached hydrogens (primary N) is 1. The zero-order valence-electron chi connectivity index (χ0n) is 16.7. The number of thiophene rings is 1. The highest BCUT2D eigenvalue weighted by Gasteiger charge is 2.19. The maximum atomic E-state index is 13.1. The lowest BCUT2D eigenvalue weighted by atomic mass is 10.2. The summed E-state index contributed by atoms with van der Waals surface area (Å²) in [5, 5.41) is 10.1. The van der Waals surface area contributed by atoms with Crippen molar-refractivity contribution >= 4 is 65.8 Å². The Balaban J connectivity index is 1.49. The van der Waals surface area contributed by atoms with Crippen molar-refractivity contribution in [2.75, 3.05) is 18.2 Å². The molecule has 0 bridgehead atoms. The number of anilines is 2. The Morgan fingerprint density at radius 1 is 1.25 bits per heavy atom. The molecular formula is C21H16BrN7O2S. The van der Waals surface area contributed by atoms with Gasteiger partial charge >= 0.3 is 0 Å². The molecule has 0 fully saturated rings. The van der Waals surface area contributed by atoms with Crippen LogP contribution in [0, 0.1) is 0 Å². The van der Waals surface area contributed by atoms with Crippen molar-refractivity contribution in [3.8, 4) is 5.88 Å². The molecule has 5 rings (SSSR count). The number of fused-ring (bicyclic) bond motifs is 2. The molecule has 5 aromatic rings. The molecule has 0 saturated carbocycles. The minimum Gasteiger partial charge on any atom is -0.481 e. The molecule has 1 amide bonds. The van der Waals surface area contributed by atoms with Gasteiger partial charge in [0.05, 0.1) is 51.7 Å². The Morgan fingerprint density at radius 2 is 2.09 bits per heavy atom. The number of rotatable bonds is 5. The lowest BCUT2D eigenvalue weighted by molar-refractivity contribution is 0.102. The van der Waals surface area contributed by atoms with Crippen molar-refractivity contribution in [3.05, 3.63) is 64.0 Å². The van der Waals surface area contributed by atoms with Gasteiger partial charge in [-0.1, -0.05) is 12.1 Å². The predicted octanol–water partition coefficient (Wildman–Crippen LogP) is 4.09. The summed E-state index contributed by atoms with van der Waals surface area (Å²) in [6, 6.07) is 11.2. The van der Waals surface area contributed by atoms with E-state index in [2.05, 4.69) is 41.3 Å². The van der Waals surface area contributed by atoms with Gasteiger partial charge in [0.25, 0.3) is 5.91 Å². The fraction of sp³-hybridized carbons (Fsp3) is 0.0952. The van der Waals surface area contributed by atoms with Crippen molar-refractivity contribution in [1.29, 1.82) is 0 Å². The zero-order chi connectivity index (χ0) is 22.2. The number of halogens is 1. The van der Waals surface area contributed by atoms with E-state index in [1.807, 2.05) is 35.0 Å². The topological polar surface area (TPSA) is 121 Å². The maximum absolute atomic E-state index is 13.1. The van der Waals surface area contributed by atoms with Crippen LogP contribution in [0.5, 0.6) is 5.88 Å². The van der Waals surface area contributed by atoms with Gasteiger partial charge in [0.1, 0.15) is 16.7 Å². The molecule has 0 spiro atoms. The van der Waals surface area contributed by atoms with Crippen molar-refractivity contribution < 1.29 is 9.53 Å². The molecule has 0 unspecified atom stereocenters. The van der Waals surface area contributed by atoms with Gasteiger partial charge in [-0.2, -0.15) is 5.10 Å². The van der Waals surface area contributed by atoms with Gasteiger partial charge in [-0.3, -0.25) is 9.48 Å². The monoisotopic (exact) mass is 509 g/mol. The minimum atomic E-state index is -0.282. The van der Waals surface area contributed by atoms with Gasteiger partial charge in [0.2, 0.25) is 5.88 Å². The van der Waals surface area contributed by atoms with Crippen LogP contribution in [0.25, 0.3) is 21.1 Å². The van der Waals surface area contributed by atoms with Crippen LogP contribution in [0.4, 0.5) is 11.5 Å². The number of pyridine rings is 1. The summed E-state index contributed by atoms with van der Waals surface area (Å²) >= 11 is 4.88. The minimum absolute atomic E-state index is 0.282. The first-order chi connectivity index (χ1) is 15.5. The second-order valence-corrected chi connectivity index (χ2v) is 8.49. The van der Waals surface area contributed by atoms with Gasteiger partial charge in [-0.25, -0.2) is 15.0 Å². The van der Waals surface area contributed by atoms with Gasteiger partial charge in [-0.15, -0.1) is 11.3 Å². The van der Waals surface area contributed by atoms with Gasteiger partial charge in [0, 0.05) is 11.4 Å². The number of nitrogens with zero attached hydrogens (tertiary/aromatic N) is 5. The first kappa shape index (κ1) is 20.3. The van der Waals surface area contributed by atoms with Crippen LogP contribution in [-0.2, 0) is 6.54 Å². The summed E-state index contributed by atoms with van der Waals surface area (Å²) < 4.78 is 8.34. The number of methoxy groups -OCH3 is 1. The van der Waals surface area contributed by atoms with Gasteiger partial charge in [0.15, 0.2) is 0 Å². The summed E-state index contributed by atoms with van der Waals surface area (Å²) in [6.07, 6.45) is 1.36. The molecule has 160 valence electrons. The summed E-state index contributed by atoms with van der Waals surface area (Å²) in [6.45, 7) is 0.446. The average Bonchev–Trinajstić information content (AvgIpc) is 3.37. The molecule has 0 aliphatic heterocycles. The fourth-order valence-corrected chi connectivity index (χ4v) is 4.95. The van der Waals surface area contributed by atoms with Crippen molar-refractivity contribution in [1.82, 2.24) is 24.7 Å².